The van der Waals surface area contributed by atoms with Crippen LogP contribution in [0.25, 0.3) is 0 Å². The monoisotopic (exact) mass is 273 g/mol. The van der Waals surface area contributed by atoms with Crippen LogP contribution < -0.4 is 4.90 Å². The van der Waals surface area contributed by atoms with Gasteiger partial charge in [-0.2, -0.15) is 5.26 Å². The number of anilines is 1. The Morgan fingerprint density at radius 2 is 2.30 bits per heavy atom. The average Bonchev–Trinajstić information content (AvgIpc) is 3.32. The van der Waals surface area contributed by atoms with Crippen LogP contribution >= 0.6 is 0 Å². The second-order valence-electron chi connectivity index (χ2n) is 5.41. The molecule has 2 heterocycles. The van der Waals surface area contributed by atoms with Crippen molar-refractivity contribution >= 4 is 5.82 Å². The topological polar surface area (TPSA) is 58.4 Å². The first kappa shape index (κ1) is 13.3. The Balaban J connectivity index is 1.54. The molecule has 0 bridgehead atoms. The summed E-state index contributed by atoms with van der Waals surface area (Å²) in [5, 5.41) is 8.91. The third kappa shape index (κ3) is 3.47. The van der Waals surface area contributed by atoms with Crippen molar-refractivity contribution in [1.82, 2.24) is 4.98 Å². The summed E-state index contributed by atoms with van der Waals surface area (Å²) in [6.45, 7) is 3.76. The maximum Gasteiger partial charge on any atom is 0.142 e. The lowest BCUT2D eigenvalue weighted by Gasteiger charge is -2.33. The number of morpholine rings is 1. The molecule has 0 aromatic carbocycles. The Bertz CT molecular complexity index is 496. The molecule has 1 aliphatic heterocycles. The van der Waals surface area contributed by atoms with Crippen LogP contribution in [0, 0.1) is 17.2 Å². The zero-order valence-electron chi connectivity index (χ0n) is 11.5. The maximum atomic E-state index is 8.91. The van der Waals surface area contributed by atoms with E-state index in [2.05, 4.69) is 16.0 Å². The molecule has 5 heteroatoms. The molecule has 3 rings (SSSR count). The van der Waals surface area contributed by atoms with Gasteiger partial charge >= 0.3 is 0 Å². The van der Waals surface area contributed by atoms with Crippen molar-refractivity contribution in [3.63, 3.8) is 0 Å². The summed E-state index contributed by atoms with van der Waals surface area (Å²) < 4.78 is 11.4. The van der Waals surface area contributed by atoms with Crippen LogP contribution in [-0.4, -0.2) is 44.0 Å². The first-order valence-electron chi connectivity index (χ1n) is 7.16. The summed E-state index contributed by atoms with van der Waals surface area (Å²) in [4.78, 5) is 6.50. The van der Waals surface area contributed by atoms with Crippen LogP contribution in [-0.2, 0) is 9.47 Å². The number of nitrogens with zero attached hydrogens (tertiary/aromatic N) is 3. The molecule has 0 spiro atoms. The van der Waals surface area contributed by atoms with E-state index in [4.69, 9.17) is 14.7 Å². The Morgan fingerprint density at radius 3 is 3.10 bits per heavy atom. The molecule has 106 valence electrons. The predicted molar refractivity (Wildman–Crippen MR) is 74.4 cm³/mol. The van der Waals surface area contributed by atoms with Gasteiger partial charge in [-0.3, -0.25) is 0 Å². The molecule has 1 saturated heterocycles. The summed E-state index contributed by atoms with van der Waals surface area (Å²) in [6, 6.07) is 7.61. The van der Waals surface area contributed by atoms with Crippen LogP contribution in [0.2, 0.25) is 0 Å². The molecule has 1 aromatic heterocycles. The van der Waals surface area contributed by atoms with Crippen molar-refractivity contribution in [2.45, 2.75) is 18.9 Å². The highest BCUT2D eigenvalue weighted by Gasteiger charge is 2.24. The van der Waals surface area contributed by atoms with Crippen molar-refractivity contribution in [1.29, 1.82) is 5.26 Å². The fourth-order valence-corrected chi connectivity index (χ4v) is 2.34. The van der Waals surface area contributed by atoms with Crippen LogP contribution in [0.3, 0.4) is 0 Å². The molecule has 2 fully saturated rings. The van der Waals surface area contributed by atoms with E-state index in [1.165, 1.54) is 12.8 Å². The van der Waals surface area contributed by atoms with Gasteiger partial charge in [0.15, 0.2) is 0 Å². The number of ether oxygens (including phenoxy) is 2. The van der Waals surface area contributed by atoms with E-state index in [9.17, 15) is 0 Å². The van der Waals surface area contributed by atoms with Crippen molar-refractivity contribution in [2.75, 3.05) is 37.8 Å². The van der Waals surface area contributed by atoms with Gasteiger partial charge in [0.1, 0.15) is 17.6 Å². The van der Waals surface area contributed by atoms with Crippen molar-refractivity contribution in [3.8, 4) is 6.07 Å². The molecular weight excluding hydrogens is 254 g/mol. The molecule has 0 amide bonds. The molecule has 1 saturated carbocycles. The standard InChI is InChI=1S/C15H19N3O2/c16-8-13-2-1-3-15(17-13)18-6-7-20-14(9-18)11-19-10-12-4-5-12/h1-3,12,14H,4-7,9-11H2/t14-/m1/s1. The van der Waals surface area contributed by atoms with E-state index in [-0.39, 0.29) is 6.10 Å². The summed E-state index contributed by atoms with van der Waals surface area (Å²) >= 11 is 0. The van der Waals surface area contributed by atoms with Gasteiger partial charge in [0.25, 0.3) is 0 Å². The molecule has 0 N–H and O–H groups in total. The second-order valence-corrected chi connectivity index (χ2v) is 5.41. The van der Waals surface area contributed by atoms with E-state index in [0.29, 0.717) is 18.9 Å². The summed E-state index contributed by atoms with van der Waals surface area (Å²) in [7, 11) is 0. The minimum atomic E-state index is 0.0926. The quantitative estimate of drug-likeness (QED) is 0.815. The molecule has 0 radical (unpaired) electrons. The smallest absolute Gasteiger partial charge is 0.142 e. The molecule has 1 atom stereocenters. The second kappa shape index (κ2) is 6.21. The SMILES string of the molecule is N#Cc1cccc(N2CCO[C@@H](COCC3CC3)C2)n1. The molecule has 20 heavy (non-hydrogen) atoms. The zero-order valence-corrected chi connectivity index (χ0v) is 11.5. The van der Waals surface area contributed by atoms with Crippen molar-refractivity contribution < 1.29 is 9.47 Å². The lowest BCUT2D eigenvalue weighted by molar-refractivity contribution is -0.0259. The Kier molecular flexibility index (Phi) is 4.14. The van der Waals surface area contributed by atoms with Gasteiger partial charge in [-0.05, 0) is 30.9 Å². The van der Waals surface area contributed by atoms with Crippen LogP contribution in [0.15, 0.2) is 18.2 Å². The summed E-state index contributed by atoms with van der Waals surface area (Å²) in [5.41, 5.74) is 0.454. The van der Waals surface area contributed by atoms with Gasteiger partial charge in [0.2, 0.25) is 0 Å². The lowest BCUT2D eigenvalue weighted by atomic mass is 10.2. The zero-order chi connectivity index (χ0) is 13.8. The fraction of sp³-hybridized carbons (Fsp3) is 0.600. The Labute approximate surface area is 119 Å². The van der Waals surface area contributed by atoms with Crippen LogP contribution in [0.4, 0.5) is 5.82 Å². The van der Waals surface area contributed by atoms with Gasteiger partial charge in [-0.25, -0.2) is 4.98 Å². The number of pyridine rings is 1. The van der Waals surface area contributed by atoms with Gasteiger partial charge in [-0.15, -0.1) is 0 Å². The number of nitriles is 1. The molecular formula is C15H19N3O2. The first-order chi connectivity index (χ1) is 9.85. The average molecular weight is 273 g/mol. The van der Waals surface area contributed by atoms with Crippen LogP contribution in [0.1, 0.15) is 18.5 Å². The first-order valence-corrected chi connectivity index (χ1v) is 7.16. The van der Waals surface area contributed by atoms with Gasteiger partial charge in [0, 0.05) is 19.7 Å². The Morgan fingerprint density at radius 1 is 1.40 bits per heavy atom. The van der Waals surface area contributed by atoms with Gasteiger partial charge < -0.3 is 14.4 Å². The maximum absolute atomic E-state index is 8.91. The third-order valence-corrected chi connectivity index (χ3v) is 3.67. The molecule has 5 nitrogen and oxygen atoms in total. The normalized spacial score (nSPS) is 22.6. The molecule has 1 aromatic rings. The minimum absolute atomic E-state index is 0.0926. The van der Waals surface area contributed by atoms with E-state index in [1.54, 1.807) is 6.07 Å². The third-order valence-electron chi connectivity index (χ3n) is 3.67. The van der Waals surface area contributed by atoms with Gasteiger partial charge in [-0.1, -0.05) is 6.07 Å². The van der Waals surface area contributed by atoms with E-state index in [1.807, 2.05) is 12.1 Å². The highest BCUT2D eigenvalue weighted by Crippen LogP contribution is 2.28. The Hall–Kier alpha value is -1.64. The number of rotatable bonds is 5. The summed E-state index contributed by atoms with van der Waals surface area (Å²) in [5.74, 6) is 1.63. The highest BCUT2D eigenvalue weighted by molar-refractivity contribution is 5.42. The highest BCUT2D eigenvalue weighted by atomic mass is 16.5. The molecule has 2 aliphatic rings. The summed E-state index contributed by atoms with van der Waals surface area (Å²) in [6.07, 6.45) is 2.71. The number of hydrogen-bond donors (Lipinski definition) is 0. The van der Waals surface area contributed by atoms with E-state index >= 15 is 0 Å². The largest absolute Gasteiger partial charge is 0.378 e. The van der Waals surface area contributed by atoms with E-state index < -0.39 is 0 Å². The number of aromatic nitrogens is 1. The van der Waals surface area contributed by atoms with Crippen molar-refractivity contribution in [2.24, 2.45) is 5.92 Å². The van der Waals surface area contributed by atoms with E-state index in [0.717, 1.165) is 31.4 Å². The van der Waals surface area contributed by atoms with Crippen molar-refractivity contribution in [3.05, 3.63) is 23.9 Å². The lowest BCUT2D eigenvalue weighted by Crippen LogP contribution is -2.45. The fourth-order valence-electron chi connectivity index (χ4n) is 2.34. The van der Waals surface area contributed by atoms with Crippen LogP contribution in [0.5, 0.6) is 0 Å². The molecule has 1 aliphatic carbocycles. The minimum Gasteiger partial charge on any atom is -0.378 e. The number of hydrogen-bond acceptors (Lipinski definition) is 5. The van der Waals surface area contributed by atoms with Gasteiger partial charge in [0.05, 0.1) is 19.3 Å². The molecule has 0 unspecified atom stereocenters. The predicted octanol–water partition coefficient (Wildman–Crippen LogP) is 1.59.